The Hall–Kier alpha value is -2.68. The molecule has 3 unspecified atom stereocenters. The summed E-state index contributed by atoms with van der Waals surface area (Å²) in [6.07, 6.45) is 1.38. The highest BCUT2D eigenvalue weighted by Gasteiger charge is 2.63. The Balaban J connectivity index is 2.20. The van der Waals surface area contributed by atoms with Crippen LogP contribution in [0.3, 0.4) is 0 Å². The van der Waals surface area contributed by atoms with Crippen LogP contribution in [0.2, 0.25) is 0 Å². The molecule has 0 radical (unpaired) electrons. The molecule has 1 amide bonds. The van der Waals surface area contributed by atoms with Crippen LogP contribution < -0.4 is 5.32 Å². The minimum atomic E-state index is -1.76. The summed E-state index contributed by atoms with van der Waals surface area (Å²) in [7, 11) is 1.19. The maximum Gasteiger partial charge on any atom is 0.322 e. The molecule has 3 atom stereocenters. The summed E-state index contributed by atoms with van der Waals surface area (Å²) in [5.41, 5.74) is 0.0208. The van der Waals surface area contributed by atoms with Crippen LogP contribution in [0.4, 0.5) is 0 Å². The number of carbonyl (C=O) groups excluding carboxylic acids is 2. The van der Waals surface area contributed by atoms with Crippen molar-refractivity contribution in [2.45, 2.75) is 18.8 Å². The van der Waals surface area contributed by atoms with Crippen molar-refractivity contribution >= 4 is 11.9 Å². The molecule has 0 saturated carbocycles. The van der Waals surface area contributed by atoms with E-state index in [1.54, 1.807) is 12.1 Å². The van der Waals surface area contributed by atoms with Crippen molar-refractivity contribution in [2.75, 3.05) is 20.2 Å². The second-order valence-corrected chi connectivity index (χ2v) is 6.64. The Kier molecular flexibility index (Phi) is 5.31. The van der Waals surface area contributed by atoms with Gasteiger partial charge in [-0.2, -0.15) is 0 Å². The summed E-state index contributed by atoms with van der Waals surface area (Å²) in [5, 5.41) is 23.3. The van der Waals surface area contributed by atoms with Gasteiger partial charge in [0.2, 0.25) is 5.91 Å². The van der Waals surface area contributed by atoms with Crippen molar-refractivity contribution in [3.05, 3.63) is 64.8 Å². The quantitative estimate of drug-likeness (QED) is 0.452. The number of aryl methyl sites for hydroxylation is 1. The van der Waals surface area contributed by atoms with Gasteiger partial charge in [0, 0.05) is 19.0 Å². The van der Waals surface area contributed by atoms with E-state index in [0.29, 0.717) is 0 Å². The number of hydrogen-bond acceptors (Lipinski definition) is 7. The van der Waals surface area contributed by atoms with Gasteiger partial charge in [-0.3, -0.25) is 14.8 Å². The number of benzene rings is 1. The predicted octanol–water partition coefficient (Wildman–Crippen LogP) is 1.93. The average Bonchev–Trinajstić information content (AvgIpc) is 3.28. The molecule has 1 aromatic heterocycles. The molecule has 0 spiro atoms. The van der Waals surface area contributed by atoms with E-state index >= 15 is 0 Å². The molecule has 8 heteroatoms. The van der Waals surface area contributed by atoms with E-state index in [9.17, 15) is 20.0 Å². The summed E-state index contributed by atoms with van der Waals surface area (Å²) in [4.78, 5) is 26.0. The molecule has 2 aromatic rings. The molecule has 1 aliphatic rings. The smallest absolute Gasteiger partial charge is 0.322 e. The highest BCUT2D eigenvalue weighted by molar-refractivity contribution is 6.06. The first-order chi connectivity index (χ1) is 12.9. The van der Waals surface area contributed by atoms with E-state index in [0.717, 1.165) is 11.1 Å². The number of rotatable bonds is 6. The third-order valence-corrected chi connectivity index (χ3v) is 5.17. The van der Waals surface area contributed by atoms with E-state index in [4.69, 9.17) is 9.15 Å². The molecule has 2 heterocycles. The molecule has 1 aliphatic heterocycles. The summed E-state index contributed by atoms with van der Waals surface area (Å²) in [5.74, 6) is -2.76. The van der Waals surface area contributed by atoms with Gasteiger partial charge in [-0.25, -0.2) is 0 Å². The van der Waals surface area contributed by atoms with Crippen molar-refractivity contribution in [1.82, 2.24) is 10.5 Å². The molecule has 8 nitrogen and oxygen atoms in total. The van der Waals surface area contributed by atoms with Crippen molar-refractivity contribution < 1.29 is 24.0 Å². The SMILES string of the molecule is COC(=O)C1(C(CN([O-])O)c2ccco2)C(=O)NCC1c1ccc(C)cc1. The second-order valence-electron chi connectivity index (χ2n) is 6.64. The van der Waals surface area contributed by atoms with E-state index in [1.807, 2.05) is 31.2 Å². The Morgan fingerprint density at radius 1 is 1.44 bits per heavy atom. The molecule has 2 N–H and O–H groups in total. The third-order valence-electron chi connectivity index (χ3n) is 5.17. The standard InChI is InChI=1S/C19H21N2O6/c1-12-5-7-13(8-6-12)14-10-20-17(22)19(14,18(23)26-2)15(11-21(24)25)16-4-3-9-27-16/h3-9,14-15,24H,10-11H2,1-2H3,(H,20,22)/q-1. The zero-order valence-electron chi connectivity index (χ0n) is 15.0. The normalized spacial score (nSPS) is 23.3. The van der Waals surface area contributed by atoms with Crippen LogP contribution in [0.25, 0.3) is 0 Å². The van der Waals surface area contributed by atoms with Gasteiger partial charge in [0.1, 0.15) is 5.76 Å². The molecule has 1 fully saturated rings. The number of nitrogens with one attached hydrogen (secondary N) is 1. The topological polar surface area (TPSA) is 115 Å². The van der Waals surface area contributed by atoms with Crippen LogP contribution >= 0.6 is 0 Å². The molecule has 1 saturated heterocycles. The lowest BCUT2D eigenvalue weighted by atomic mass is 9.64. The average molecular weight is 373 g/mol. The monoisotopic (exact) mass is 373 g/mol. The number of ether oxygens (including phenoxy) is 1. The second kappa shape index (κ2) is 7.51. The Bertz CT molecular complexity index is 802. The van der Waals surface area contributed by atoms with Gasteiger partial charge in [-0.05, 0) is 24.6 Å². The van der Waals surface area contributed by atoms with Crippen LogP contribution in [-0.2, 0) is 14.3 Å². The molecule has 0 bridgehead atoms. The summed E-state index contributed by atoms with van der Waals surface area (Å²) >= 11 is 0. The Morgan fingerprint density at radius 2 is 2.15 bits per heavy atom. The lowest BCUT2D eigenvalue weighted by Crippen LogP contribution is -2.50. The summed E-state index contributed by atoms with van der Waals surface area (Å²) in [6, 6.07) is 10.6. The summed E-state index contributed by atoms with van der Waals surface area (Å²) < 4.78 is 10.4. The van der Waals surface area contributed by atoms with Gasteiger partial charge in [0.05, 0.1) is 19.3 Å². The van der Waals surface area contributed by atoms with Crippen LogP contribution in [-0.4, -0.2) is 42.5 Å². The van der Waals surface area contributed by atoms with Crippen LogP contribution in [0.1, 0.15) is 28.7 Å². The molecule has 3 rings (SSSR count). The summed E-state index contributed by atoms with van der Waals surface area (Å²) in [6.45, 7) is 1.60. The third kappa shape index (κ3) is 3.23. The van der Waals surface area contributed by atoms with Crippen LogP contribution in [0, 0.1) is 17.5 Å². The lowest BCUT2D eigenvalue weighted by molar-refractivity contribution is -0.162. The van der Waals surface area contributed by atoms with Crippen molar-refractivity contribution in [2.24, 2.45) is 5.41 Å². The van der Waals surface area contributed by atoms with Gasteiger partial charge in [0.15, 0.2) is 5.41 Å². The van der Waals surface area contributed by atoms with E-state index < -0.39 is 35.7 Å². The highest BCUT2D eigenvalue weighted by atomic mass is 16.8. The van der Waals surface area contributed by atoms with E-state index in [1.165, 1.54) is 13.4 Å². The number of nitrogens with zero attached hydrogens (tertiary/aromatic N) is 1. The van der Waals surface area contributed by atoms with Gasteiger partial charge in [-0.15, -0.1) is 0 Å². The predicted molar refractivity (Wildman–Crippen MR) is 94.7 cm³/mol. The lowest BCUT2D eigenvalue weighted by Gasteiger charge is -2.38. The number of furan rings is 1. The molecular formula is C19H21N2O6-. The first kappa shape index (κ1) is 19.1. The van der Waals surface area contributed by atoms with Crippen LogP contribution in [0.15, 0.2) is 47.1 Å². The minimum absolute atomic E-state index is 0.193. The maximum absolute atomic E-state index is 13.0. The van der Waals surface area contributed by atoms with Gasteiger partial charge in [-0.1, -0.05) is 29.8 Å². The number of hydroxylamine groups is 2. The number of hydrogen-bond donors (Lipinski definition) is 2. The molecule has 1 aromatic carbocycles. The highest BCUT2D eigenvalue weighted by Crippen LogP contribution is 2.51. The number of esters is 1. The molecule has 144 valence electrons. The van der Waals surface area contributed by atoms with Crippen molar-refractivity contribution in [3.8, 4) is 0 Å². The fraction of sp³-hybridized carbons (Fsp3) is 0.368. The zero-order valence-corrected chi connectivity index (χ0v) is 15.0. The number of amides is 1. The maximum atomic E-state index is 13.0. The first-order valence-corrected chi connectivity index (χ1v) is 8.51. The fourth-order valence-corrected chi connectivity index (χ4v) is 3.89. The zero-order chi connectivity index (χ0) is 19.6. The Morgan fingerprint density at radius 3 is 2.70 bits per heavy atom. The van der Waals surface area contributed by atoms with Crippen molar-refractivity contribution in [3.63, 3.8) is 0 Å². The van der Waals surface area contributed by atoms with Crippen LogP contribution in [0.5, 0.6) is 0 Å². The van der Waals surface area contributed by atoms with Gasteiger partial charge < -0.3 is 24.9 Å². The van der Waals surface area contributed by atoms with Crippen molar-refractivity contribution in [1.29, 1.82) is 0 Å². The first-order valence-electron chi connectivity index (χ1n) is 8.51. The largest absolute Gasteiger partial charge is 0.762 e. The van der Waals surface area contributed by atoms with E-state index in [-0.39, 0.29) is 17.5 Å². The van der Waals surface area contributed by atoms with Gasteiger partial charge >= 0.3 is 5.97 Å². The Labute approximate surface area is 156 Å². The molecular weight excluding hydrogens is 352 g/mol. The number of carbonyl (C=O) groups is 2. The van der Waals surface area contributed by atoms with E-state index in [2.05, 4.69) is 5.32 Å². The molecule has 0 aliphatic carbocycles. The molecule has 27 heavy (non-hydrogen) atoms. The fourth-order valence-electron chi connectivity index (χ4n) is 3.89. The minimum Gasteiger partial charge on any atom is -0.762 e. The van der Waals surface area contributed by atoms with Gasteiger partial charge in [0.25, 0.3) is 0 Å². The number of methoxy groups -OCH3 is 1.